The second-order valence-electron chi connectivity index (χ2n) is 8.19. The summed E-state index contributed by atoms with van der Waals surface area (Å²) >= 11 is 0. The number of carbonyl (C=O) groups is 1. The number of aromatic nitrogens is 3. The molecule has 0 fully saturated rings. The summed E-state index contributed by atoms with van der Waals surface area (Å²) in [6.07, 6.45) is -2.34. The minimum Gasteiger partial charge on any atom is -0.396 e. The number of nitrogens with one attached hydrogen (secondary N) is 1. The molecular weight excluding hydrogens is 457 g/mol. The molecule has 4 aromatic rings. The van der Waals surface area contributed by atoms with Gasteiger partial charge in [-0.05, 0) is 73.5 Å². The average molecular weight is 480 g/mol. The molecule has 3 aromatic carbocycles. The SMILES string of the molecule is Cc1cc(Nc2cccc(C(F)(F)F)c2)ccc1C(=O)c1cc(-n2cc(CCO)nn2)ccc1C. The van der Waals surface area contributed by atoms with Crippen LogP contribution in [0.2, 0.25) is 0 Å². The summed E-state index contributed by atoms with van der Waals surface area (Å²) < 4.78 is 40.5. The highest BCUT2D eigenvalue weighted by molar-refractivity contribution is 6.11. The number of aliphatic hydroxyl groups excluding tert-OH is 1. The minimum atomic E-state index is -4.43. The van der Waals surface area contributed by atoms with Crippen molar-refractivity contribution in [1.29, 1.82) is 0 Å². The molecule has 0 amide bonds. The topological polar surface area (TPSA) is 80.0 Å². The number of hydrogen-bond acceptors (Lipinski definition) is 5. The molecule has 1 aromatic heterocycles. The van der Waals surface area contributed by atoms with Gasteiger partial charge in [-0.1, -0.05) is 17.3 Å². The number of hydrogen-bond donors (Lipinski definition) is 2. The van der Waals surface area contributed by atoms with E-state index in [4.69, 9.17) is 5.11 Å². The summed E-state index contributed by atoms with van der Waals surface area (Å²) in [6.45, 7) is 3.59. The van der Waals surface area contributed by atoms with Crippen molar-refractivity contribution in [3.05, 3.63) is 100 Å². The molecule has 0 bridgehead atoms. The summed E-state index contributed by atoms with van der Waals surface area (Å²) in [6, 6.07) is 15.4. The van der Waals surface area contributed by atoms with Gasteiger partial charge < -0.3 is 10.4 Å². The van der Waals surface area contributed by atoms with E-state index in [0.29, 0.717) is 45.9 Å². The number of halogens is 3. The van der Waals surface area contributed by atoms with Gasteiger partial charge in [-0.2, -0.15) is 13.2 Å². The van der Waals surface area contributed by atoms with Crippen molar-refractivity contribution >= 4 is 17.2 Å². The highest BCUT2D eigenvalue weighted by Gasteiger charge is 2.30. The van der Waals surface area contributed by atoms with Crippen LogP contribution >= 0.6 is 0 Å². The number of carbonyl (C=O) groups excluding carboxylic acids is 1. The summed E-state index contributed by atoms with van der Waals surface area (Å²) in [5.41, 5.74) is 3.90. The van der Waals surface area contributed by atoms with Gasteiger partial charge in [0, 0.05) is 35.5 Å². The van der Waals surface area contributed by atoms with Crippen LogP contribution in [0.1, 0.15) is 38.3 Å². The predicted molar refractivity (Wildman–Crippen MR) is 126 cm³/mol. The molecule has 180 valence electrons. The van der Waals surface area contributed by atoms with Crippen molar-refractivity contribution in [2.75, 3.05) is 11.9 Å². The number of ketones is 1. The van der Waals surface area contributed by atoms with Crippen molar-refractivity contribution in [2.24, 2.45) is 0 Å². The lowest BCUT2D eigenvalue weighted by Gasteiger charge is -2.13. The number of nitrogens with zero attached hydrogens (tertiary/aromatic N) is 3. The Bertz CT molecular complexity index is 1380. The van der Waals surface area contributed by atoms with E-state index in [0.717, 1.165) is 17.7 Å². The zero-order valence-corrected chi connectivity index (χ0v) is 19.1. The molecule has 0 aliphatic heterocycles. The Hall–Kier alpha value is -3.98. The Balaban J connectivity index is 1.59. The number of anilines is 2. The highest BCUT2D eigenvalue weighted by Crippen LogP contribution is 2.32. The van der Waals surface area contributed by atoms with Crippen LogP contribution in [-0.4, -0.2) is 32.5 Å². The van der Waals surface area contributed by atoms with Crippen LogP contribution in [0.15, 0.2) is 66.9 Å². The van der Waals surface area contributed by atoms with E-state index in [-0.39, 0.29) is 12.4 Å². The quantitative estimate of drug-likeness (QED) is 0.346. The molecule has 0 saturated carbocycles. The predicted octanol–water partition coefficient (Wildman–Crippen LogP) is 5.41. The summed E-state index contributed by atoms with van der Waals surface area (Å²) in [5, 5.41) is 20.1. The Labute approximate surface area is 200 Å². The maximum absolute atomic E-state index is 13.4. The Kier molecular flexibility index (Phi) is 6.70. The van der Waals surface area contributed by atoms with Crippen molar-refractivity contribution < 1.29 is 23.1 Å². The molecule has 0 aliphatic rings. The van der Waals surface area contributed by atoms with Crippen LogP contribution in [0.5, 0.6) is 0 Å². The number of benzene rings is 3. The summed E-state index contributed by atoms with van der Waals surface area (Å²) in [4.78, 5) is 13.4. The van der Waals surface area contributed by atoms with E-state index in [1.807, 2.05) is 19.1 Å². The van der Waals surface area contributed by atoms with Crippen molar-refractivity contribution in [3.63, 3.8) is 0 Å². The smallest absolute Gasteiger partial charge is 0.396 e. The normalized spacial score (nSPS) is 11.5. The van der Waals surface area contributed by atoms with E-state index in [9.17, 15) is 18.0 Å². The number of aryl methyl sites for hydroxylation is 2. The summed E-state index contributed by atoms with van der Waals surface area (Å²) in [7, 11) is 0. The molecule has 9 heteroatoms. The molecule has 0 aliphatic carbocycles. The molecule has 35 heavy (non-hydrogen) atoms. The average Bonchev–Trinajstić information content (AvgIpc) is 3.28. The number of alkyl halides is 3. The molecule has 0 unspecified atom stereocenters. The monoisotopic (exact) mass is 480 g/mol. The van der Waals surface area contributed by atoms with Crippen LogP contribution in [0.3, 0.4) is 0 Å². The van der Waals surface area contributed by atoms with Crippen molar-refractivity contribution in [2.45, 2.75) is 26.4 Å². The molecule has 6 nitrogen and oxygen atoms in total. The highest BCUT2D eigenvalue weighted by atomic mass is 19.4. The van der Waals surface area contributed by atoms with Gasteiger partial charge in [-0.3, -0.25) is 4.79 Å². The first-order valence-electron chi connectivity index (χ1n) is 10.9. The zero-order valence-electron chi connectivity index (χ0n) is 19.1. The van der Waals surface area contributed by atoms with Gasteiger partial charge in [0.15, 0.2) is 5.78 Å². The fourth-order valence-electron chi connectivity index (χ4n) is 3.73. The fraction of sp³-hybridized carbons (Fsp3) is 0.192. The Morgan fingerprint density at radius 2 is 1.74 bits per heavy atom. The molecule has 0 spiro atoms. The third-order valence-corrected chi connectivity index (χ3v) is 5.59. The van der Waals surface area contributed by atoms with E-state index in [1.165, 1.54) is 6.07 Å². The van der Waals surface area contributed by atoms with Gasteiger partial charge in [0.25, 0.3) is 0 Å². The Morgan fingerprint density at radius 3 is 2.46 bits per heavy atom. The van der Waals surface area contributed by atoms with Crippen molar-refractivity contribution in [3.8, 4) is 5.69 Å². The van der Waals surface area contributed by atoms with Crippen molar-refractivity contribution in [1.82, 2.24) is 15.0 Å². The molecule has 2 N–H and O–H groups in total. The molecule has 0 radical (unpaired) electrons. The lowest BCUT2D eigenvalue weighted by molar-refractivity contribution is -0.137. The van der Waals surface area contributed by atoms with Gasteiger partial charge in [-0.25, -0.2) is 4.68 Å². The lowest BCUT2D eigenvalue weighted by Crippen LogP contribution is -2.08. The van der Waals surface area contributed by atoms with Crippen LogP contribution in [0.4, 0.5) is 24.5 Å². The molecule has 0 saturated heterocycles. The standard InChI is InChI=1S/C26H23F3N4O2/c1-16-6-8-22(33-15-21(10-11-34)31-32-33)14-24(16)25(35)23-9-7-20(12-17(23)2)30-19-5-3-4-18(13-19)26(27,28)29/h3-9,12-15,30,34H,10-11H2,1-2H3. The van der Waals surface area contributed by atoms with Crippen LogP contribution in [0.25, 0.3) is 5.69 Å². The molecule has 4 rings (SSSR count). The second-order valence-corrected chi connectivity index (χ2v) is 8.19. The van der Waals surface area contributed by atoms with E-state index in [2.05, 4.69) is 15.6 Å². The van der Waals surface area contributed by atoms with Gasteiger partial charge in [0.2, 0.25) is 0 Å². The Morgan fingerprint density at radius 1 is 0.971 bits per heavy atom. The molecule has 0 atom stereocenters. The van der Waals surface area contributed by atoms with Crippen LogP contribution < -0.4 is 5.32 Å². The first-order valence-corrected chi connectivity index (χ1v) is 10.9. The van der Waals surface area contributed by atoms with Gasteiger partial charge in [0.05, 0.1) is 23.1 Å². The van der Waals surface area contributed by atoms with Gasteiger partial charge >= 0.3 is 6.18 Å². The first-order chi connectivity index (χ1) is 16.7. The van der Waals surface area contributed by atoms with Gasteiger partial charge in [-0.15, -0.1) is 5.10 Å². The van der Waals surface area contributed by atoms with Crippen LogP contribution in [0, 0.1) is 13.8 Å². The van der Waals surface area contributed by atoms with Crippen LogP contribution in [-0.2, 0) is 12.6 Å². The minimum absolute atomic E-state index is 0.0335. The third-order valence-electron chi connectivity index (χ3n) is 5.59. The maximum atomic E-state index is 13.4. The summed E-state index contributed by atoms with van der Waals surface area (Å²) in [5.74, 6) is -0.178. The molecular formula is C26H23F3N4O2. The van der Waals surface area contributed by atoms with E-state index < -0.39 is 11.7 Å². The lowest BCUT2D eigenvalue weighted by atomic mass is 9.95. The number of aliphatic hydroxyl groups is 1. The third kappa shape index (κ3) is 5.41. The number of rotatable bonds is 7. The largest absolute Gasteiger partial charge is 0.416 e. The first kappa shape index (κ1) is 24.2. The maximum Gasteiger partial charge on any atom is 0.416 e. The zero-order chi connectivity index (χ0) is 25.2. The molecule has 1 heterocycles. The fourth-order valence-corrected chi connectivity index (χ4v) is 3.73. The van der Waals surface area contributed by atoms with E-state index >= 15 is 0 Å². The second kappa shape index (κ2) is 9.71. The van der Waals surface area contributed by atoms with E-state index in [1.54, 1.807) is 48.1 Å². The van der Waals surface area contributed by atoms with Gasteiger partial charge in [0.1, 0.15) is 0 Å².